The number of aliphatic carboxylic acids is 1. The number of rotatable bonds is 7. The van der Waals surface area contributed by atoms with Crippen molar-refractivity contribution in [3.63, 3.8) is 0 Å². The lowest BCUT2D eigenvalue weighted by Gasteiger charge is -2.15. The molecule has 0 heterocycles. The van der Waals surface area contributed by atoms with Crippen molar-refractivity contribution < 1.29 is 27.8 Å². The molecular weight excluding hydrogens is 359 g/mol. The van der Waals surface area contributed by atoms with Crippen LogP contribution in [0.3, 0.4) is 0 Å². The van der Waals surface area contributed by atoms with Crippen molar-refractivity contribution in [2.45, 2.75) is 17.7 Å². The molecule has 5 nitrogen and oxygen atoms in total. The second kappa shape index (κ2) is 8.25. The molecule has 26 heavy (non-hydrogen) atoms. The zero-order valence-corrected chi connectivity index (χ0v) is 15.0. The first-order valence-corrected chi connectivity index (χ1v) is 9.72. The third-order valence-electron chi connectivity index (χ3n) is 3.93. The maximum atomic E-state index is 13.2. The molecule has 138 valence electrons. The highest BCUT2D eigenvalue weighted by atomic mass is 32.2. The van der Waals surface area contributed by atoms with Crippen LogP contribution in [0.25, 0.3) is 11.1 Å². The highest BCUT2D eigenvalue weighted by molar-refractivity contribution is 7.90. The van der Waals surface area contributed by atoms with Gasteiger partial charge in [-0.25, -0.2) is 12.8 Å². The summed E-state index contributed by atoms with van der Waals surface area (Å²) in [7, 11) is -3.35. The Morgan fingerprint density at radius 2 is 1.42 bits per heavy atom. The van der Waals surface area contributed by atoms with Crippen molar-refractivity contribution in [1.29, 1.82) is 0 Å². The standard InChI is InChI=1S/C19H19FO5S/c1-26(24,25)16-8-4-13(5-9-16)17(10-11-19(22)23)18(12-21)14-2-6-15(20)7-3-14/h2-9,21H,10-12H2,1H3,(H,22,23). The summed E-state index contributed by atoms with van der Waals surface area (Å²) in [6.45, 7) is -0.367. The van der Waals surface area contributed by atoms with Crippen LogP contribution in [-0.2, 0) is 14.6 Å². The highest BCUT2D eigenvalue weighted by Gasteiger charge is 2.14. The van der Waals surface area contributed by atoms with Crippen molar-refractivity contribution in [3.05, 3.63) is 65.5 Å². The fourth-order valence-corrected chi connectivity index (χ4v) is 3.25. The molecule has 0 atom stereocenters. The van der Waals surface area contributed by atoms with Gasteiger partial charge >= 0.3 is 5.97 Å². The monoisotopic (exact) mass is 378 g/mol. The zero-order valence-electron chi connectivity index (χ0n) is 14.1. The van der Waals surface area contributed by atoms with Crippen molar-refractivity contribution in [3.8, 4) is 0 Å². The van der Waals surface area contributed by atoms with Gasteiger partial charge in [-0.2, -0.15) is 0 Å². The molecule has 0 amide bonds. The molecule has 0 fully saturated rings. The summed E-state index contributed by atoms with van der Waals surface area (Å²) in [6.07, 6.45) is 1.08. The fourth-order valence-electron chi connectivity index (χ4n) is 2.62. The minimum Gasteiger partial charge on any atom is -0.481 e. The molecule has 2 aromatic carbocycles. The minimum atomic E-state index is -3.35. The molecule has 0 bridgehead atoms. The van der Waals surface area contributed by atoms with E-state index in [4.69, 9.17) is 5.11 Å². The number of aliphatic hydroxyl groups is 1. The van der Waals surface area contributed by atoms with Crippen molar-refractivity contribution in [2.24, 2.45) is 0 Å². The molecule has 0 aliphatic heterocycles. The summed E-state index contributed by atoms with van der Waals surface area (Å²) in [5.74, 6) is -1.41. The first-order chi connectivity index (χ1) is 12.2. The van der Waals surface area contributed by atoms with E-state index in [9.17, 15) is 22.7 Å². The first-order valence-electron chi connectivity index (χ1n) is 7.83. The Morgan fingerprint density at radius 3 is 1.88 bits per heavy atom. The Labute approximate surface area is 151 Å². The maximum absolute atomic E-state index is 13.2. The molecule has 0 saturated heterocycles. The summed E-state index contributed by atoms with van der Waals surface area (Å²) in [4.78, 5) is 11.1. The first kappa shape index (κ1) is 19.8. The number of benzene rings is 2. The SMILES string of the molecule is CS(=O)(=O)c1ccc(C(CCC(=O)O)=C(CO)c2ccc(F)cc2)cc1. The molecule has 0 saturated carbocycles. The van der Waals surface area contributed by atoms with Gasteiger partial charge in [-0.3, -0.25) is 4.79 Å². The number of hydrogen-bond acceptors (Lipinski definition) is 4. The second-order valence-corrected chi connectivity index (χ2v) is 7.83. The lowest BCUT2D eigenvalue weighted by molar-refractivity contribution is -0.136. The van der Waals surface area contributed by atoms with Gasteiger partial charge in [0.15, 0.2) is 9.84 Å². The van der Waals surface area contributed by atoms with Gasteiger partial charge in [0.05, 0.1) is 11.5 Å². The molecule has 0 aliphatic carbocycles. The van der Waals surface area contributed by atoms with Crippen LogP contribution in [0, 0.1) is 5.82 Å². The summed E-state index contributed by atoms with van der Waals surface area (Å²) in [6, 6.07) is 11.5. The van der Waals surface area contributed by atoms with E-state index in [0.717, 1.165) is 6.26 Å². The van der Waals surface area contributed by atoms with Gasteiger partial charge in [-0.15, -0.1) is 0 Å². The van der Waals surface area contributed by atoms with Crippen molar-refractivity contribution >= 4 is 27.0 Å². The van der Waals surface area contributed by atoms with Gasteiger partial charge in [0.1, 0.15) is 5.82 Å². The molecular formula is C19H19FO5S. The van der Waals surface area contributed by atoms with E-state index in [1.807, 2.05) is 0 Å². The van der Waals surface area contributed by atoms with Crippen LogP contribution in [0.1, 0.15) is 24.0 Å². The van der Waals surface area contributed by atoms with Crippen LogP contribution >= 0.6 is 0 Å². The van der Waals surface area contributed by atoms with Crippen LogP contribution in [0.5, 0.6) is 0 Å². The molecule has 2 N–H and O–H groups in total. The molecule has 0 unspecified atom stereocenters. The van der Waals surface area contributed by atoms with Gasteiger partial charge in [-0.05, 0) is 53.0 Å². The topological polar surface area (TPSA) is 91.7 Å². The summed E-state index contributed by atoms with van der Waals surface area (Å²) >= 11 is 0. The number of hydrogen-bond donors (Lipinski definition) is 2. The van der Waals surface area contributed by atoms with Crippen LogP contribution in [0.2, 0.25) is 0 Å². The number of halogens is 1. The minimum absolute atomic E-state index is 0.140. The Balaban J connectivity index is 2.56. The average molecular weight is 378 g/mol. The van der Waals surface area contributed by atoms with E-state index >= 15 is 0 Å². The van der Waals surface area contributed by atoms with E-state index in [0.29, 0.717) is 22.3 Å². The Morgan fingerprint density at radius 1 is 0.923 bits per heavy atom. The molecule has 0 radical (unpaired) electrons. The third kappa shape index (κ3) is 5.00. The Kier molecular flexibility index (Phi) is 6.28. The largest absolute Gasteiger partial charge is 0.481 e. The number of allylic oxidation sites excluding steroid dienone is 1. The predicted molar refractivity (Wildman–Crippen MR) is 96.7 cm³/mol. The molecule has 7 heteroatoms. The Bertz CT molecular complexity index is 913. The Hall–Kier alpha value is -2.51. The quantitative estimate of drug-likeness (QED) is 0.723. The molecule has 2 aromatic rings. The van der Waals surface area contributed by atoms with Gasteiger partial charge in [0.25, 0.3) is 0 Å². The number of carbonyl (C=O) groups is 1. The summed E-state index contributed by atoms with van der Waals surface area (Å²) in [5.41, 5.74) is 2.22. The average Bonchev–Trinajstić information content (AvgIpc) is 2.59. The van der Waals surface area contributed by atoms with E-state index in [1.54, 1.807) is 12.1 Å². The van der Waals surface area contributed by atoms with E-state index in [2.05, 4.69) is 0 Å². The molecule has 0 spiro atoms. The van der Waals surface area contributed by atoms with Crippen LogP contribution in [-0.4, -0.2) is 37.5 Å². The van der Waals surface area contributed by atoms with Gasteiger partial charge in [-0.1, -0.05) is 24.3 Å². The molecule has 2 rings (SSSR count). The van der Waals surface area contributed by atoms with Gasteiger partial charge < -0.3 is 10.2 Å². The maximum Gasteiger partial charge on any atom is 0.303 e. The van der Waals surface area contributed by atoms with Gasteiger partial charge in [0, 0.05) is 12.7 Å². The number of sulfone groups is 1. The lowest BCUT2D eigenvalue weighted by atomic mass is 9.92. The highest BCUT2D eigenvalue weighted by Crippen LogP contribution is 2.30. The summed E-state index contributed by atoms with van der Waals surface area (Å²) < 4.78 is 36.4. The van der Waals surface area contributed by atoms with Crippen molar-refractivity contribution in [2.75, 3.05) is 12.9 Å². The van der Waals surface area contributed by atoms with Crippen LogP contribution in [0.4, 0.5) is 4.39 Å². The van der Waals surface area contributed by atoms with E-state index in [-0.39, 0.29) is 24.3 Å². The number of aliphatic hydroxyl groups excluding tert-OH is 1. The van der Waals surface area contributed by atoms with E-state index < -0.39 is 21.6 Å². The number of carboxylic acid groups (broad SMARTS) is 1. The van der Waals surface area contributed by atoms with E-state index in [1.165, 1.54) is 36.4 Å². The normalized spacial score (nSPS) is 12.6. The lowest BCUT2D eigenvalue weighted by Crippen LogP contribution is -2.02. The van der Waals surface area contributed by atoms with Crippen LogP contribution in [0.15, 0.2) is 53.4 Å². The third-order valence-corrected chi connectivity index (χ3v) is 5.06. The zero-order chi connectivity index (χ0) is 19.3. The van der Waals surface area contributed by atoms with Crippen LogP contribution < -0.4 is 0 Å². The smallest absolute Gasteiger partial charge is 0.303 e. The predicted octanol–water partition coefficient (Wildman–Crippen LogP) is 3.00. The molecule has 0 aromatic heterocycles. The molecule has 0 aliphatic rings. The fraction of sp³-hybridized carbons (Fsp3) is 0.211. The number of carboxylic acids is 1. The van der Waals surface area contributed by atoms with Crippen molar-refractivity contribution in [1.82, 2.24) is 0 Å². The van der Waals surface area contributed by atoms with Gasteiger partial charge in [0.2, 0.25) is 0 Å². The summed E-state index contributed by atoms with van der Waals surface area (Å²) in [5, 5.41) is 18.8. The second-order valence-electron chi connectivity index (χ2n) is 5.81.